The Balaban J connectivity index is 1.83. The van der Waals surface area contributed by atoms with E-state index in [1.54, 1.807) is 11.3 Å². The lowest BCUT2D eigenvalue weighted by Crippen LogP contribution is -2.42. The number of thiocarbonyl (C=S) groups is 1. The van der Waals surface area contributed by atoms with Crippen LogP contribution in [0.25, 0.3) is 0 Å². The van der Waals surface area contributed by atoms with E-state index in [4.69, 9.17) is 12.2 Å². The summed E-state index contributed by atoms with van der Waals surface area (Å²) < 4.78 is 0. The molecular formula is C12H19N3S2. The second-order valence-corrected chi connectivity index (χ2v) is 5.76. The van der Waals surface area contributed by atoms with E-state index in [1.807, 2.05) is 11.6 Å². The van der Waals surface area contributed by atoms with E-state index in [-0.39, 0.29) is 6.04 Å². The van der Waals surface area contributed by atoms with Gasteiger partial charge in [-0.1, -0.05) is 19.8 Å². The summed E-state index contributed by atoms with van der Waals surface area (Å²) in [5.74, 6) is 0. The number of nitrogens with zero attached hydrogens (tertiary/aromatic N) is 1. The van der Waals surface area contributed by atoms with E-state index in [0.717, 1.165) is 16.5 Å². The van der Waals surface area contributed by atoms with Crippen molar-refractivity contribution in [2.24, 2.45) is 0 Å². The monoisotopic (exact) mass is 269 g/mol. The van der Waals surface area contributed by atoms with Crippen molar-refractivity contribution in [1.29, 1.82) is 0 Å². The highest BCUT2D eigenvalue weighted by molar-refractivity contribution is 7.80. The lowest BCUT2D eigenvalue weighted by molar-refractivity contribution is 0.578. The third kappa shape index (κ3) is 3.64. The molecule has 0 aliphatic heterocycles. The van der Waals surface area contributed by atoms with E-state index in [2.05, 4.69) is 22.5 Å². The lowest BCUT2D eigenvalue weighted by atomic mass is 10.2. The molecule has 3 nitrogen and oxygen atoms in total. The van der Waals surface area contributed by atoms with Gasteiger partial charge in [-0.25, -0.2) is 4.98 Å². The predicted molar refractivity (Wildman–Crippen MR) is 76.3 cm³/mol. The van der Waals surface area contributed by atoms with Crippen LogP contribution in [0.4, 0.5) is 0 Å². The molecule has 1 aliphatic carbocycles. The van der Waals surface area contributed by atoms with Crippen LogP contribution in [0.15, 0.2) is 11.6 Å². The maximum atomic E-state index is 5.36. The smallest absolute Gasteiger partial charge is 0.167 e. The highest BCUT2D eigenvalue weighted by Gasteiger charge is 2.18. The minimum Gasteiger partial charge on any atom is -0.360 e. The molecule has 0 amide bonds. The third-order valence-electron chi connectivity index (χ3n) is 3.15. The molecule has 1 fully saturated rings. The maximum absolute atomic E-state index is 5.36. The molecule has 1 aliphatic rings. The van der Waals surface area contributed by atoms with Crippen molar-refractivity contribution in [2.45, 2.75) is 51.1 Å². The van der Waals surface area contributed by atoms with Gasteiger partial charge in [0.1, 0.15) is 5.01 Å². The van der Waals surface area contributed by atoms with Gasteiger partial charge in [0.15, 0.2) is 5.11 Å². The first-order valence-corrected chi connectivity index (χ1v) is 7.54. The predicted octanol–water partition coefficient (Wildman–Crippen LogP) is 3.00. The van der Waals surface area contributed by atoms with Gasteiger partial charge in [0, 0.05) is 17.6 Å². The van der Waals surface area contributed by atoms with Crippen LogP contribution < -0.4 is 10.6 Å². The van der Waals surface area contributed by atoms with E-state index < -0.39 is 0 Å². The Labute approximate surface area is 112 Å². The molecule has 1 heterocycles. The Morgan fingerprint density at radius 3 is 2.94 bits per heavy atom. The lowest BCUT2D eigenvalue weighted by Gasteiger charge is -2.20. The van der Waals surface area contributed by atoms with Gasteiger partial charge in [0.25, 0.3) is 0 Å². The molecule has 94 valence electrons. The van der Waals surface area contributed by atoms with Crippen LogP contribution in [0.5, 0.6) is 0 Å². The summed E-state index contributed by atoms with van der Waals surface area (Å²) in [4.78, 5) is 4.34. The average molecular weight is 269 g/mol. The van der Waals surface area contributed by atoms with Crippen LogP contribution in [-0.2, 0) is 0 Å². The number of aromatic nitrogens is 1. The zero-order valence-electron chi connectivity index (χ0n) is 10.1. The molecule has 1 aromatic rings. The summed E-state index contributed by atoms with van der Waals surface area (Å²) in [6.07, 6.45) is 7.98. The average Bonchev–Trinajstić information content (AvgIpc) is 2.97. The fourth-order valence-corrected chi connectivity index (χ4v) is 3.28. The SMILES string of the molecule is CCC(NC(=S)NC1CCCC1)c1nccs1. The standard InChI is InChI=1S/C12H19N3S2/c1-2-10(11-13-7-8-17-11)15-12(16)14-9-5-3-4-6-9/h7-10H,2-6H2,1H3,(H2,14,15,16). The molecule has 2 rings (SSSR count). The summed E-state index contributed by atoms with van der Waals surface area (Å²) in [7, 11) is 0. The van der Waals surface area contributed by atoms with Crippen LogP contribution in [0.1, 0.15) is 50.1 Å². The molecular weight excluding hydrogens is 250 g/mol. The second kappa shape index (κ2) is 6.31. The van der Waals surface area contributed by atoms with E-state index in [1.165, 1.54) is 25.7 Å². The molecule has 17 heavy (non-hydrogen) atoms. The van der Waals surface area contributed by atoms with Gasteiger partial charge in [-0.15, -0.1) is 11.3 Å². The Morgan fingerprint density at radius 2 is 2.35 bits per heavy atom. The molecule has 0 radical (unpaired) electrons. The van der Waals surface area contributed by atoms with E-state index in [0.29, 0.717) is 6.04 Å². The zero-order valence-corrected chi connectivity index (χ0v) is 11.7. The molecule has 1 aromatic heterocycles. The van der Waals surface area contributed by atoms with Gasteiger partial charge in [-0.05, 0) is 31.5 Å². The Morgan fingerprint density at radius 1 is 1.59 bits per heavy atom. The number of thiazole rings is 1. The summed E-state index contributed by atoms with van der Waals surface area (Å²) in [6.45, 7) is 2.15. The Hall–Kier alpha value is -0.680. The number of hydrogen-bond acceptors (Lipinski definition) is 3. The molecule has 1 unspecified atom stereocenters. The summed E-state index contributed by atoms with van der Waals surface area (Å²) in [6, 6.07) is 0.820. The topological polar surface area (TPSA) is 37.0 Å². The van der Waals surface area contributed by atoms with Gasteiger partial charge >= 0.3 is 0 Å². The van der Waals surface area contributed by atoms with Gasteiger partial charge in [0.05, 0.1) is 6.04 Å². The number of hydrogen-bond donors (Lipinski definition) is 2. The number of nitrogens with one attached hydrogen (secondary N) is 2. The van der Waals surface area contributed by atoms with Crippen LogP contribution in [0.2, 0.25) is 0 Å². The van der Waals surface area contributed by atoms with Gasteiger partial charge in [-0.3, -0.25) is 0 Å². The highest BCUT2D eigenvalue weighted by atomic mass is 32.1. The summed E-state index contributed by atoms with van der Waals surface area (Å²) in [5.41, 5.74) is 0. The highest BCUT2D eigenvalue weighted by Crippen LogP contribution is 2.20. The molecule has 1 atom stereocenters. The fraction of sp³-hybridized carbons (Fsp3) is 0.667. The second-order valence-electron chi connectivity index (χ2n) is 4.43. The van der Waals surface area contributed by atoms with Gasteiger partial charge < -0.3 is 10.6 Å². The van der Waals surface area contributed by atoms with Crippen LogP contribution in [0, 0.1) is 0 Å². The quantitative estimate of drug-likeness (QED) is 0.824. The fourth-order valence-electron chi connectivity index (χ4n) is 2.20. The zero-order chi connectivity index (χ0) is 12.1. The third-order valence-corrected chi connectivity index (χ3v) is 4.28. The van der Waals surface area contributed by atoms with Crippen LogP contribution >= 0.6 is 23.6 Å². The molecule has 1 saturated carbocycles. The van der Waals surface area contributed by atoms with Crippen LogP contribution in [0.3, 0.4) is 0 Å². The Kier molecular flexibility index (Phi) is 4.74. The van der Waals surface area contributed by atoms with Crippen molar-refractivity contribution in [1.82, 2.24) is 15.6 Å². The summed E-state index contributed by atoms with van der Waals surface area (Å²) >= 11 is 7.04. The van der Waals surface area contributed by atoms with Crippen molar-refractivity contribution >= 4 is 28.7 Å². The molecule has 0 saturated heterocycles. The van der Waals surface area contributed by atoms with Crippen molar-refractivity contribution in [2.75, 3.05) is 0 Å². The summed E-state index contributed by atoms with van der Waals surface area (Å²) in [5, 5.41) is 10.7. The van der Waals surface area contributed by atoms with E-state index >= 15 is 0 Å². The maximum Gasteiger partial charge on any atom is 0.167 e. The molecule has 0 aromatic carbocycles. The van der Waals surface area contributed by atoms with Crippen molar-refractivity contribution in [3.8, 4) is 0 Å². The van der Waals surface area contributed by atoms with Gasteiger partial charge in [0.2, 0.25) is 0 Å². The van der Waals surface area contributed by atoms with Crippen molar-refractivity contribution in [3.05, 3.63) is 16.6 Å². The Bertz CT molecular complexity index is 345. The largest absolute Gasteiger partial charge is 0.360 e. The first kappa shape index (κ1) is 12.8. The molecule has 2 N–H and O–H groups in total. The number of rotatable bonds is 4. The van der Waals surface area contributed by atoms with E-state index in [9.17, 15) is 0 Å². The van der Waals surface area contributed by atoms with Crippen LogP contribution in [-0.4, -0.2) is 16.1 Å². The molecule has 0 spiro atoms. The normalized spacial score (nSPS) is 17.9. The first-order chi connectivity index (χ1) is 8.29. The first-order valence-electron chi connectivity index (χ1n) is 6.26. The van der Waals surface area contributed by atoms with Crippen molar-refractivity contribution < 1.29 is 0 Å². The minimum absolute atomic E-state index is 0.247. The molecule has 5 heteroatoms. The van der Waals surface area contributed by atoms with Gasteiger partial charge in [-0.2, -0.15) is 0 Å². The van der Waals surface area contributed by atoms with Crippen molar-refractivity contribution in [3.63, 3.8) is 0 Å². The minimum atomic E-state index is 0.247. The molecule has 0 bridgehead atoms.